The van der Waals surface area contributed by atoms with Gasteiger partial charge in [0, 0.05) is 30.9 Å². The molecule has 0 atom stereocenters. The zero-order valence-corrected chi connectivity index (χ0v) is 15.4. The van der Waals surface area contributed by atoms with Crippen molar-refractivity contribution in [3.63, 3.8) is 0 Å². The summed E-state index contributed by atoms with van der Waals surface area (Å²) in [5.74, 6) is -0.991. The van der Waals surface area contributed by atoms with Gasteiger partial charge in [0.2, 0.25) is 0 Å². The fraction of sp³-hybridized carbons (Fsp3) is 0.333. The Morgan fingerprint density at radius 1 is 1.04 bits per heavy atom. The van der Waals surface area contributed by atoms with Crippen LogP contribution in [0.4, 0.5) is 11.4 Å². The summed E-state index contributed by atoms with van der Waals surface area (Å²) in [4.78, 5) is 27.3. The van der Waals surface area contributed by atoms with Crippen LogP contribution in [0.1, 0.15) is 46.9 Å². The first-order valence-electron chi connectivity index (χ1n) is 9.24. The van der Waals surface area contributed by atoms with Gasteiger partial charge in [-0.3, -0.25) is 4.79 Å². The molecule has 0 radical (unpaired) electrons. The first-order chi connectivity index (χ1) is 13.0. The SMILES string of the molecule is CCCN(c1ccc(C(=O)O)cc1)c1ccc(C(=O)N2CCCC2)cc1O. The van der Waals surface area contributed by atoms with E-state index >= 15 is 0 Å². The van der Waals surface area contributed by atoms with Crippen molar-refractivity contribution < 1.29 is 19.8 Å². The topological polar surface area (TPSA) is 81.1 Å². The Morgan fingerprint density at radius 3 is 2.22 bits per heavy atom. The predicted octanol–water partition coefficient (Wildman–Crippen LogP) is 3.87. The number of hydrogen-bond donors (Lipinski definition) is 2. The molecule has 1 fully saturated rings. The number of benzene rings is 2. The predicted molar refractivity (Wildman–Crippen MR) is 104 cm³/mol. The van der Waals surface area contributed by atoms with Gasteiger partial charge in [0.05, 0.1) is 11.3 Å². The van der Waals surface area contributed by atoms with Crippen molar-refractivity contribution in [1.29, 1.82) is 0 Å². The lowest BCUT2D eigenvalue weighted by Crippen LogP contribution is -2.27. The summed E-state index contributed by atoms with van der Waals surface area (Å²) in [7, 11) is 0. The van der Waals surface area contributed by atoms with Gasteiger partial charge in [0.15, 0.2) is 0 Å². The van der Waals surface area contributed by atoms with Crippen molar-refractivity contribution in [3.8, 4) is 5.75 Å². The average molecular weight is 368 g/mol. The highest BCUT2D eigenvalue weighted by Crippen LogP contribution is 2.34. The summed E-state index contributed by atoms with van der Waals surface area (Å²) in [5.41, 5.74) is 2.08. The number of carbonyl (C=O) groups is 2. The van der Waals surface area contributed by atoms with Gasteiger partial charge >= 0.3 is 5.97 Å². The van der Waals surface area contributed by atoms with Crippen LogP contribution in [0.3, 0.4) is 0 Å². The van der Waals surface area contributed by atoms with Gasteiger partial charge in [0.25, 0.3) is 5.91 Å². The number of carboxylic acid groups (broad SMARTS) is 1. The highest BCUT2D eigenvalue weighted by atomic mass is 16.4. The van der Waals surface area contributed by atoms with Gasteiger partial charge in [-0.05, 0) is 61.7 Å². The molecule has 0 unspecified atom stereocenters. The number of aromatic hydroxyl groups is 1. The van der Waals surface area contributed by atoms with Crippen LogP contribution in [0.15, 0.2) is 42.5 Å². The summed E-state index contributed by atoms with van der Waals surface area (Å²) in [6.45, 7) is 4.21. The van der Waals surface area contributed by atoms with Crippen molar-refractivity contribution in [2.24, 2.45) is 0 Å². The van der Waals surface area contributed by atoms with Crippen LogP contribution in [-0.2, 0) is 0 Å². The van der Waals surface area contributed by atoms with E-state index < -0.39 is 5.97 Å². The molecule has 0 aromatic heterocycles. The standard InChI is InChI=1S/C21H24N2O4/c1-2-11-23(17-8-5-15(6-9-17)21(26)27)18-10-7-16(14-19(18)24)20(25)22-12-3-4-13-22/h5-10,14,24H,2-4,11-13H2,1H3,(H,26,27). The van der Waals surface area contributed by atoms with Crippen LogP contribution in [-0.4, -0.2) is 46.6 Å². The van der Waals surface area contributed by atoms with Gasteiger partial charge in [0.1, 0.15) is 5.75 Å². The Kier molecular flexibility index (Phi) is 5.64. The number of phenols is 1. The van der Waals surface area contributed by atoms with Crippen molar-refractivity contribution in [3.05, 3.63) is 53.6 Å². The number of rotatable bonds is 6. The second kappa shape index (κ2) is 8.12. The molecule has 1 heterocycles. The van der Waals surface area contributed by atoms with Crippen molar-refractivity contribution in [2.45, 2.75) is 26.2 Å². The Labute approximate surface area is 158 Å². The molecule has 0 bridgehead atoms. The minimum absolute atomic E-state index is 0.0378. The molecule has 2 aromatic rings. The maximum absolute atomic E-state index is 12.5. The molecule has 0 spiro atoms. The Morgan fingerprint density at radius 2 is 1.67 bits per heavy atom. The quantitative estimate of drug-likeness (QED) is 0.809. The molecule has 6 heteroatoms. The van der Waals surface area contributed by atoms with Gasteiger partial charge in [-0.25, -0.2) is 4.79 Å². The normalized spacial score (nSPS) is 13.6. The van der Waals surface area contributed by atoms with Crippen LogP contribution in [0.2, 0.25) is 0 Å². The van der Waals surface area contributed by atoms with E-state index in [1.165, 1.54) is 6.07 Å². The number of carboxylic acids is 1. The maximum atomic E-state index is 12.5. The first kappa shape index (κ1) is 18.8. The van der Waals surface area contributed by atoms with Crippen LogP contribution < -0.4 is 4.90 Å². The van der Waals surface area contributed by atoms with Crippen molar-refractivity contribution in [1.82, 2.24) is 4.90 Å². The number of likely N-dealkylation sites (tertiary alicyclic amines) is 1. The van der Waals surface area contributed by atoms with Gasteiger partial charge in [-0.15, -0.1) is 0 Å². The minimum Gasteiger partial charge on any atom is -0.506 e. The van der Waals surface area contributed by atoms with Crippen molar-refractivity contribution in [2.75, 3.05) is 24.5 Å². The van der Waals surface area contributed by atoms with E-state index in [1.807, 2.05) is 16.7 Å². The minimum atomic E-state index is -0.976. The molecule has 27 heavy (non-hydrogen) atoms. The lowest BCUT2D eigenvalue weighted by molar-refractivity contribution is 0.0696. The number of nitrogens with zero attached hydrogens (tertiary/aromatic N) is 2. The molecular weight excluding hydrogens is 344 g/mol. The second-order valence-corrected chi connectivity index (χ2v) is 6.71. The molecule has 142 valence electrons. The van der Waals surface area contributed by atoms with Gasteiger partial charge in [-0.2, -0.15) is 0 Å². The maximum Gasteiger partial charge on any atom is 0.335 e. The molecule has 6 nitrogen and oxygen atoms in total. The smallest absolute Gasteiger partial charge is 0.335 e. The fourth-order valence-electron chi connectivity index (χ4n) is 3.38. The highest BCUT2D eigenvalue weighted by molar-refractivity contribution is 5.95. The number of amides is 1. The number of aromatic carboxylic acids is 1. The molecule has 1 saturated heterocycles. The number of carbonyl (C=O) groups excluding carboxylic acids is 1. The molecule has 1 aliphatic heterocycles. The van der Waals surface area contributed by atoms with Crippen LogP contribution >= 0.6 is 0 Å². The molecule has 2 aromatic carbocycles. The zero-order valence-electron chi connectivity index (χ0n) is 15.4. The summed E-state index contributed by atoms with van der Waals surface area (Å²) in [5, 5.41) is 19.6. The Hall–Kier alpha value is -3.02. The van der Waals surface area contributed by atoms with Crippen LogP contribution in [0, 0.1) is 0 Å². The Bertz CT molecular complexity index is 827. The molecule has 0 saturated carbocycles. The first-order valence-corrected chi connectivity index (χ1v) is 9.24. The number of phenolic OH excluding ortho intramolecular Hbond substituents is 1. The van der Waals surface area contributed by atoms with E-state index in [9.17, 15) is 14.7 Å². The largest absolute Gasteiger partial charge is 0.506 e. The van der Waals surface area contributed by atoms with E-state index in [0.29, 0.717) is 17.8 Å². The molecular formula is C21H24N2O4. The lowest BCUT2D eigenvalue weighted by atomic mass is 10.1. The van der Waals surface area contributed by atoms with E-state index in [-0.39, 0.29) is 17.2 Å². The summed E-state index contributed by atoms with van der Waals surface area (Å²) < 4.78 is 0. The average Bonchev–Trinajstić information content (AvgIpc) is 3.21. The summed E-state index contributed by atoms with van der Waals surface area (Å²) >= 11 is 0. The monoisotopic (exact) mass is 368 g/mol. The Balaban J connectivity index is 1.88. The fourth-order valence-corrected chi connectivity index (χ4v) is 3.38. The highest BCUT2D eigenvalue weighted by Gasteiger charge is 2.21. The molecule has 3 rings (SSSR count). The third-order valence-corrected chi connectivity index (χ3v) is 4.78. The third kappa shape index (κ3) is 4.05. The van der Waals surface area contributed by atoms with Crippen LogP contribution in [0.5, 0.6) is 5.75 Å². The third-order valence-electron chi connectivity index (χ3n) is 4.78. The molecule has 1 aliphatic rings. The zero-order chi connectivity index (χ0) is 19.4. The van der Waals surface area contributed by atoms with E-state index in [0.717, 1.165) is 38.0 Å². The van der Waals surface area contributed by atoms with Gasteiger partial charge < -0.3 is 20.0 Å². The lowest BCUT2D eigenvalue weighted by Gasteiger charge is -2.26. The second-order valence-electron chi connectivity index (χ2n) is 6.71. The summed E-state index contributed by atoms with van der Waals surface area (Å²) in [6, 6.07) is 11.5. The molecule has 0 aliphatic carbocycles. The summed E-state index contributed by atoms with van der Waals surface area (Å²) in [6.07, 6.45) is 2.88. The molecule has 2 N–H and O–H groups in total. The van der Waals surface area contributed by atoms with Crippen LogP contribution in [0.25, 0.3) is 0 Å². The van der Waals surface area contributed by atoms with E-state index in [4.69, 9.17) is 5.11 Å². The molecule has 1 amide bonds. The number of anilines is 2. The van der Waals surface area contributed by atoms with Gasteiger partial charge in [-0.1, -0.05) is 6.92 Å². The number of hydrogen-bond acceptors (Lipinski definition) is 4. The van der Waals surface area contributed by atoms with Crippen molar-refractivity contribution >= 4 is 23.3 Å². The van der Waals surface area contributed by atoms with E-state index in [2.05, 4.69) is 0 Å². The van der Waals surface area contributed by atoms with E-state index in [1.54, 1.807) is 36.4 Å².